The van der Waals surface area contributed by atoms with E-state index in [1.807, 2.05) is 11.8 Å². The van der Waals surface area contributed by atoms with Crippen molar-refractivity contribution in [2.45, 2.75) is 12.5 Å². The summed E-state index contributed by atoms with van der Waals surface area (Å²) in [6.45, 7) is 0. The number of para-hydroxylation sites is 1. The van der Waals surface area contributed by atoms with Crippen LogP contribution >= 0.6 is 11.8 Å². The Bertz CT molecular complexity index is 403. The number of carboxylic acid groups (broad SMARTS) is 1. The molecule has 1 saturated heterocycles. The van der Waals surface area contributed by atoms with E-state index in [4.69, 9.17) is 10.8 Å². The zero-order valence-electron chi connectivity index (χ0n) is 8.77. The average molecular weight is 238 g/mol. The lowest BCUT2D eigenvalue weighted by molar-refractivity contribution is 0.0698. The van der Waals surface area contributed by atoms with Crippen LogP contribution in [0.3, 0.4) is 0 Å². The predicted octanol–water partition coefficient (Wildman–Crippen LogP) is 1.88. The molecule has 0 aliphatic carbocycles. The Kier molecular flexibility index (Phi) is 3.24. The highest BCUT2D eigenvalue weighted by molar-refractivity contribution is 7.99. The lowest BCUT2D eigenvalue weighted by Gasteiger charge is -2.16. The second kappa shape index (κ2) is 4.65. The van der Waals surface area contributed by atoms with Crippen molar-refractivity contribution in [1.82, 2.24) is 0 Å². The molecular formula is C11H14N2O2S. The number of benzene rings is 1. The van der Waals surface area contributed by atoms with Gasteiger partial charge < -0.3 is 16.2 Å². The highest BCUT2D eigenvalue weighted by Crippen LogP contribution is 2.28. The summed E-state index contributed by atoms with van der Waals surface area (Å²) in [4.78, 5) is 11.0. The largest absolute Gasteiger partial charge is 0.478 e. The molecule has 1 aliphatic rings. The fraction of sp³-hybridized carbons (Fsp3) is 0.364. The van der Waals surface area contributed by atoms with Crippen LogP contribution in [0.5, 0.6) is 0 Å². The van der Waals surface area contributed by atoms with Gasteiger partial charge in [-0.1, -0.05) is 6.07 Å². The molecule has 0 spiro atoms. The fourth-order valence-corrected chi connectivity index (χ4v) is 2.91. The number of thioether (sulfide) groups is 1. The van der Waals surface area contributed by atoms with Crippen molar-refractivity contribution in [3.8, 4) is 0 Å². The molecule has 1 fully saturated rings. The lowest BCUT2D eigenvalue weighted by Crippen LogP contribution is -2.21. The molecule has 0 radical (unpaired) electrons. The van der Waals surface area contributed by atoms with E-state index in [0.717, 1.165) is 17.9 Å². The number of carboxylic acids is 1. The van der Waals surface area contributed by atoms with Crippen LogP contribution in [-0.4, -0.2) is 28.6 Å². The van der Waals surface area contributed by atoms with Crippen molar-refractivity contribution in [1.29, 1.82) is 0 Å². The SMILES string of the molecule is Nc1cccc(C(=O)O)c1NC1CCSC1. The second-order valence-electron chi connectivity index (χ2n) is 3.78. The Hall–Kier alpha value is -1.36. The standard InChI is InChI=1S/C11H14N2O2S/c12-9-3-1-2-8(11(14)15)10(9)13-7-4-5-16-6-7/h1-3,7,13H,4-6,12H2,(H,14,15). The number of rotatable bonds is 3. The monoisotopic (exact) mass is 238 g/mol. The normalized spacial score (nSPS) is 19.6. The molecule has 1 unspecified atom stereocenters. The van der Waals surface area contributed by atoms with Gasteiger partial charge in [-0.3, -0.25) is 0 Å². The molecule has 16 heavy (non-hydrogen) atoms. The first-order valence-corrected chi connectivity index (χ1v) is 6.30. The highest BCUT2D eigenvalue weighted by Gasteiger charge is 2.19. The molecule has 4 nitrogen and oxygen atoms in total. The Labute approximate surface area is 98.2 Å². The number of carbonyl (C=O) groups is 1. The van der Waals surface area contributed by atoms with Crippen LogP contribution in [0.2, 0.25) is 0 Å². The van der Waals surface area contributed by atoms with Crippen molar-refractivity contribution in [3.63, 3.8) is 0 Å². The third kappa shape index (κ3) is 2.24. The summed E-state index contributed by atoms with van der Waals surface area (Å²) in [6.07, 6.45) is 1.05. The maximum Gasteiger partial charge on any atom is 0.337 e. The molecule has 1 atom stereocenters. The van der Waals surface area contributed by atoms with Crippen LogP contribution in [0.25, 0.3) is 0 Å². The summed E-state index contributed by atoms with van der Waals surface area (Å²) in [5, 5.41) is 12.3. The molecule has 4 N–H and O–H groups in total. The van der Waals surface area contributed by atoms with Gasteiger partial charge in [0.2, 0.25) is 0 Å². The first kappa shape index (κ1) is 11.1. The van der Waals surface area contributed by atoms with Gasteiger partial charge in [-0.2, -0.15) is 11.8 Å². The number of aromatic carboxylic acids is 1. The number of nitrogens with one attached hydrogen (secondary N) is 1. The summed E-state index contributed by atoms with van der Waals surface area (Å²) >= 11 is 1.87. The summed E-state index contributed by atoms with van der Waals surface area (Å²) in [5.74, 6) is 1.18. The topological polar surface area (TPSA) is 75.4 Å². The summed E-state index contributed by atoms with van der Waals surface area (Å²) in [7, 11) is 0. The number of hydrogen-bond donors (Lipinski definition) is 3. The molecule has 0 amide bonds. The minimum Gasteiger partial charge on any atom is -0.478 e. The van der Waals surface area contributed by atoms with E-state index in [0.29, 0.717) is 17.4 Å². The first-order valence-electron chi connectivity index (χ1n) is 5.14. The van der Waals surface area contributed by atoms with E-state index in [-0.39, 0.29) is 5.56 Å². The first-order chi connectivity index (χ1) is 7.68. The minimum absolute atomic E-state index is 0.247. The van der Waals surface area contributed by atoms with E-state index < -0.39 is 5.97 Å². The van der Waals surface area contributed by atoms with Gasteiger partial charge >= 0.3 is 5.97 Å². The van der Waals surface area contributed by atoms with Gasteiger partial charge in [-0.05, 0) is 24.3 Å². The van der Waals surface area contributed by atoms with Gasteiger partial charge in [-0.25, -0.2) is 4.79 Å². The molecule has 0 aromatic heterocycles. The van der Waals surface area contributed by atoms with Gasteiger partial charge in [0.1, 0.15) is 0 Å². The maximum absolute atomic E-state index is 11.0. The molecule has 2 rings (SSSR count). The zero-order valence-corrected chi connectivity index (χ0v) is 9.59. The molecule has 1 heterocycles. The van der Waals surface area contributed by atoms with E-state index in [1.54, 1.807) is 18.2 Å². The van der Waals surface area contributed by atoms with E-state index >= 15 is 0 Å². The van der Waals surface area contributed by atoms with Crippen LogP contribution in [0.4, 0.5) is 11.4 Å². The van der Waals surface area contributed by atoms with Crippen molar-refractivity contribution >= 4 is 29.1 Å². The van der Waals surface area contributed by atoms with Crippen LogP contribution in [0.1, 0.15) is 16.8 Å². The molecule has 1 aromatic rings. The molecular weight excluding hydrogens is 224 g/mol. The molecule has 1 aliphatic heterocycles. The molecule has 86 valence electrons. The second-order valence-corrected chi connectivity index (χ2v) is 4.93. The molecule has 1 aromatic carbocycles. The van der Waals surface area contributed by atoms with Crippen molar-refractivity contribution in [3.05, 3.63) is 23.8 Å². The number of nitrogens with two attached hydrogens (primary N) is 1. The van der Waals surface area contributed by atoms with Crippen LogP contribution in [-0.2, 0) is 0 Å². The Morgan fingerprint density at radius 2 is 2.38 bits per heavy atom. The van der Waals surface area contributed by atoms with E-state index in [1.165, 1.54) is 0 Å². The number of nitrogen functional groups attached to an aromatic ring is 1. The van der Waals surface area contributed by atoms with Gasteiger partial charge in [-0.15, -0.1) is 0 Å². The van der Waals surface area contributed by atoms with Gasteiger partial charge in [0.15, 0.2) is 0 Å². The highest BCUT2D eigenvalue weighted by atomic mass is 32.2. The number of hydrogen-bond acceptors (Lipinski definition) is 4. The van der Waals surface area contributed by atoms with Gasteiger partial charge in [0, 0.05) is 11.8 Å². The Balaban J connectivity index is 2.26. The lowest BCUT2D eigenvalue weighted by atomic mass is 10.1. The quantitative estimate of drug-likeness (QED) is 0.701. The predicted molar refractivity (Wildman–Crippen MR) is 67.2 cm³/mol. The average Bonchev–Trinajstić information content (AvgIpc) is 2.73. The molecule has 0 bridgehead atoms. The Morgan fingerprint density at radius 3 is 3.00 bits per heavy atom. The summed E-state index contributed by atoms with van der Waals surface area (Å²) in [5.41, 5.74) is 7.11. The van der Waals surface area contributed by atoms with Crippen LogP contribution < -0.4 is 11.1 Å². The van der Waals surface area contributed by atoms with Crippen LogP contribution in [0, 0.1) is 0 Å². The third-order valence-electron chi connectivity index (χ3n) is 2.61. The van der Waals surface area contributed by atoms with Crippen molar-refractivity contribution in [2.75, 3.05) is 22.6 Å². The summed E-state index contributed by atoms with van der Waals surface area (Å²) < 4.78 is 0. The van der Waals surface area contributed by atoms with E-state index in [9.17, 15) is 4.79 Å². The van der Waals surface area contributed by atoms with Gasteiger partial charge in [0.25, 0.3) is 0 Å². The number of anilines is 2. The van der Waals surface area contributed by atoms with Gasteiger partial charge in [0.05, 0.1) is 16.9 Å². The molecule has 5 heteroatoms. The van der Waals surface area contributed by atoms with E-state index in [2.05, 4.69) is 5.32 Å². The van der Waals surface area contributed by atoms with Crippen molar-refractivity contribution < 1.29 is 9.90 Å². The maximum atomic E-state index is 11.0. The fourth-order valence-electron chi connectivity index (χ4n) is 1.76. The third-order valence-corrected chi connectivity index (χ3v) is 3.77. The summed E-state index contributed by atoms with van der Waals surface area (Å²) in [6, 6.07) is 5.28. The smallest absolute Gasteiger partial charge is 0.337 e. The zero-order chi connectivity index (χ0) is 11.5. The molecule has 0 saturated carbocycles. The minimum atomic E-state index is -0.944. The Morgan fingerprint density at radius 1 is 1.56 bits per heavy atom. The van der Waals surface area contributed by atoms with Crippen LogP contribution in [0.15, 0.2) is 18.2 Å². The van der Waals surface area contributed by atoms with Crippen molar-refractivity contribution in [2.24, 2.45) is 0 Å².